The van der Waals surface area contributed by atoms with E-state index in [4.69, 9.17) is 32.3 Å². The summed E-state index contributed by atoms with van der Waals surface area (Å²) in [7, 11) is -9.83. The number of carbonyl (C=O) groups excluding carboxylic acids is 3. The Hall–Kier alpha value is -5.61. The Labute approximate surface area is 687 Å². The van der Waals surface area contributed by atoms with Crippen LogP contribution < -0.4 is 0 Å². The van der Waals surface area contributed by atoms with E-state index in [1.165, 1.54) is 103 Å². The molecule has 16 nitrogen and oxygen atoms in total. The number of phosphoric ester groups is 2. The molecule has 0 aliphatic rings. The lowest BCUT2D eigenvalue weighted by molar-refractivity contribution is -0.161. The number of hydrogen-bond donors (Lipinski definition) is 4. The summed E-state index contributed by atoms with van der Waals surface area (Å²) in [6.45, 7) is 2.37. The first-order valence-corrected chi connectivity index (χ1v) is 46.7. The van der Waals surface area contributed by atoms with Gasteiger partial charge in [0.25, 0.3) is 0 Å². The Kier molecular flexibility index (Phi) is 81.5. The minimum absolute atomic E-state index is 0.0602. The Morgan fingerprint density at radius 3 is 0.743 bits per heavy atom. The standard InChI is InChI=1S/C95H156O16P2/c1-4-7-10-13-16-19-22-25-28-31-34-37-40-41-42-43-44-45-46-47-50-52-54-57-60-63-66-69-72-75-78-81-93(98)105-84-90(96)85-107-112(101,102)108-86-91(97)87-109-113(103,104)110-89-92(111-95(100)83-80-77-74-71-68-65-62-59-56-53-49-39-36-33-30-27-24-21-18-15-12-9-6-3)88-106-94(99)82-79-76-73-70-67-64-61-58-55-51-48-38-35-32-29-26-23-20-17-14-11-8-5-2/h8-9,11-12,16-21,25-30,34-39,41-42,51,53,55-56,61-62,64-65,90-92,96-97H,4-7,10,13-15,22-24,31-33,40,43-50,52,54,57-60,63,66-89H2,1-3H3,(H,101,102)(H,103,104)/b11-8-,12-9-,19-16-,20-17-,21-18-,28-25-,29-26-,30-27-,37-34-,38-35-,39-36-,42-41-,55-51-,56-53-,64-61-,65-62-. The lowest BCUT2D eigenvalue weighted by Crippen LogP contribution is -2.30. The summed E-state index contributed by atoms with van der Waals surface area (Å²) in [6, 6.07) is 0. The molecule has 0 aromatic heterocycles. The molecule has 0 amide bonds. The first kappa shape index (κ1) is 107. The number of esters is 3. The molecule has 113 heavy (non-hydrogen) atoms. The second-order valence-electron chi connectivity index (χ2n) is 28.6. The highest BCUT2D eigenvalue weighted by Gasteiger charge is 2.29. The zero-order valence-corrected chi connectivity index (χ0v) is 72.3. The Balaban J connectivity index is 4.67. The maximum absolute atomic E-state index is 13.0. The van der Waals surface area contributed by atoms with Crippen molar-refractivity contribution in [3.63, 3.8) is 0 Å². The van der Waals surface area contributed by atoms with Crippen LogP contribution in [0.3, 0.4) is 0 Å². The topological polar surface area (TPSA) is 231 Å². The maximum atomic E-state index is 13.0. The third-order valence-electron chi connectivity index (χ3n) is 17.8. The third kappa shape index (κ3) is 87.1. The molecule has 18 heteroatoms. The molecule has 0 fully saturated rings. The van der Waals surface area contributed by atoms with Crippen molar-refractivity contribution in [1.82, 2.24) is 0 Å². The molecule has 0 aliphatic heterocycles. The predicted octanol–water partition coefficient (Wildman–Crippen LogP) is 26.7. The van der Waals surface area contributed by atoms with Crippen molar-refractivity contribution in [3.05, 3.63) is 194 Å². The maximum Gasteiger partial charge on any atom is 0.472 e. The molecule has 5 unspecified atom stereocenters. The molecule has 0 rings (SSSR count). The normalized spacial score (nSPS) is 14.8. The van der Waals surface area contributed by atoms with Gasteiger partial charge >= 0.3 is 33.6 Å². The van der Waals surface area contributed by atoms with Gasteiger partial charge in [-0.25, -0.2) is 9.13 Å². The lowest BCUT2D eigenvalue weighted by atomic mass is 10.0. The molecule has 0 spiro atoms. The minimum atomic E-state index is -4.96. The average molecular weight is 1620 g/mol. The lowest BCUT2D eigenvalue weighted by Gasteiger charge is -2.21. The zero-order valence-electron chi connectivity index (χ0n) is 70.5. The molecule has 5 atom stereocenters. The van der Waals surface area contributed by atoms with E-state index in [2.05, 4.69) is 215 Å². The third-order valence-corrected chi connectivity index (χ3v) is 19.7. The second-order valence-corrected chi connectivity index (χ2v) is 31.5. The van der Waals surface area contributed by atoms with Crippen LogP contribution in [0.25, 0.3) is 0 Å². The highest BCUT2D eigenvalue weighted by molar-refractivity contribution is 7.47. The summed E-state index contributed by atoms with van der Waals surface area (Å²) >= 11 is 0. The van der Waals surface area contributed by atoms with Crippen LogP contribution in [0.4, 0.5) is 0 Å². The van der Waals surface area contributed by atoms with Gasteiger partial charge in [-0.05, 0) is 167 Å². The Bertz CT molecular complexity index is 2830. The first-order chi connectivity index (χ1) is 55.2. The predicted molar refractivity (Wildman–Crippen MR) is 472 cm³/mol. The van der Waals surface area contributed by atoms with E-state index in [0.717, 1.165) is 167 Å². The van der Waals surface area contributed by atoms with E-state index >= 15 is 0 Å². The van der Waals surface area contributed by atoms with Crippen molar-refractivity contribution >= 4 is 33.6 Å². The Morgan fingerprint density at radius 2 is 0.469 bits per heavy atom. The van der Waals surface area contributed by atoms with E-state index < -0.39 is 91.5 Å². The highest BCUT2D eigenvalue weighted by Crippen LogP contribution is 2.45. The molecule has 0 aromatic carbocycles. The molecule has 0 saturated carbocycles. The number of allylic oxidation sites excluding steroid dienone is 32. The van der Waals surface area contributed by atoms with Gasteiger partial charge in [-0.3, -0.25) is 32.5 Å². The SMILES string of the molecule is CC/C=C\C/C=C\C/C=C\C/C=C\C/C=C\C/C=C\CCCCCCC(=O)OCC(COP(=O)(O)OCC(O)COP(=O)(O)OCC(O)COC(=O)CCCCCCCCCCCCCCCCC/C=C\C/C=C\C/C=C\C/C=C\CCCCC)OC(=O)CCCCCC/C=C\C/C=C\C/C=C\C/C=C\C/C=C\C/C=C\CC. The molecule has 4 N–H and O–H groups in total. The van der Waals surface area contributed by atoms with Crippen molar-refractivity contribution in [2.24, 2.45) is 0 Å². The van der Waals surface area contributed by atoms with Crippen LogP contribution in [0.5, 0.6) is 0 Å². The number of phosphoric acid groups is 2. The van der Waals surface area contributed by atoms with Gasteiger partial charge in [-0.1, -0.05) is 337 Å². The fourth-order valence-corrected chi connectivity index (χ4v) is 12.8. The second kappa shape index (κ2) is 85.8. The minimum Gasteiger partial charge on any atom is -0.463 e. The highest BCUT2D eigenvalue weighted by atomic mass is 31.2. The number of unbranched alkanes of at least 4 members (excludes halogenated alkanes) is 26. The monoisotopic (exact) mass is 1620 g/mol. The fourth-order valence-electron chi connectivity index (χ4n) is 11.2. The quantitative estimate of drug-likeness (QED) is 0.0146. The van der Waals surface area contributed by atoms with Gasteiger partial charge in [-0.2, -0.15) is 0 Å². The largest absolute Gasteiger partial charge is 0.472 e. The number of aliphatic hydroxyl groups is 2. The van der Waals surface area contributed by atoms with Crippen molar-refractivity contribution in [2.75, 3.05) is 39.6 Å². The number of carbonyl (C=O) groups is 3. The first-order valence-electron chi connectivity index (χ1n) is 43.7. The average Bonchev–Trinajstić information content (AvgIpc) is 0.902. The smallest absolute Gasteiger partial charge is 0.463 e. The number of aliphatic hydroxyl groups excluding tert-OH is 2. The van der Waals surface area contributed by atoms with Crippen molar-refractivity contribution in [2.45, 2.75) is 347 Å². The van der Waals surface area contributed by atoms with Gasteiger partial charge in [0.2, 0.25) is 0 Å². The van der Waals surface area contributed by atoms with E-state index in [0.29, 0.717) is 19.3 Å². The molecule has 0 aromatic rings. The van der Waals surface area contributed by atoms with Gasteiger partial charge in [0.1, 0.15) is 25.4 Å². The van der Waals surface area contributed by atoms with Crippen LogP contribution in [0.15, 0.2) is 194 Å². The Morgan fingerprint density at radius 1 is 0.257 bits per heavy atom. The summed E-state index contributed by atoms with van der Waals surface area (Å²) in [5.41, 5.74) is 0. The van der Waals surface area contributed by atoms with Gasteiger partial charge in [0.15, 0.2) is 6.10 Å². The van der Waals surface area contributed by atoms with E-state index in [1.54, 1.807) is 0 Å². The van der Waals surface area contributed by atoms with Crippen molar-refractivity contribution < 1.29 is 75.8 Å². The molecule has 0 bridgehead atoms. The number of rotatable bonds is 81. The van der Waals surface area contributed by atoms with Crippen LogP contribution in [0.2, 0.25) is 0 Å². The zero-order chi connectivity index (χ0) is 82.2. The van der Waals surface area contributed by atoms with E-state index in [1.807, 2.05) is 0 Å². The van der Waals surface area contributed by atoms with E-state index in [9.17, 15) is 43.5 Å². The molecular formula is C95H156O16P2. The van der Waals surface area contributed by atoms with Gasteiger partial charge in [0.05, 0.1) is 26.4 Å². The summed E-state index contributed by atoms with van der Waals surface area (Å²) in [5.74, 6) is -1.64. The molecular weight excluding hydrogens is 1460 g/mol. The van der Waals surface area contributed by atoms with Gasteiger partial charge in [0, 0.05) is 19.3 Å². The molecule has 0 saturated heterocycles. The van der Waals surface area contributed by atoms with Crippen molar-refractivity contribution in [3.8, 4) is 0 Å². The summed E-state index contributed by atoms with van der Waals surface area (Å²) in [4.78, 5) is 58.9. The molecule has 0 radical (unpaired) electrons. The summed E-state index contributed by atoms with van der Waals surface area (Å²) in [6.07, 6.45) is 113. The van der Waals surface area contributed by atoms with Crippen LogP contribution in [0.1, 0.15) is 329 Å². The van der Waals surface area contributed by atoms with Crippen LogP contribution in [-0.2, 0) is 55.8 Å². The summed E-state index contributed by atoms with van der Waals surface area (Å²) in [5, 5.41) is 20.7. The van der Waals surface area contributed by atoms with Gasteiger partial charge in [-0.15, -0.1) is 0 Å². The number of ether oxygens (including phenoxy) is 3. The van der Waals surface area contributed by atoms with Crippen LogP contribution in [0, 0.1) is 0 Å². The molecule has 0 heterocycles. The number of hydrogen-bond acceptors (Lipinski definition) is 14. The summed E-state index contributed by atoms with van der Waals surface area (Å²) < 4.78 is 61.3. The molecule has 642 valence electrons. The van der Waals surface area contributed by atoms with Crippen LogP contribution in [-0.4, -0.2) is 95.9 Å². The van der Waals surface area contributed by atoms with E-state index in [-0.39, 0.29) is 19.3 Å². The fraction of sp³-hybridized carbons (Fsp3) is 0.632. The van der Waals surface area contributed by atoms with Crippen LogP contribution >= 0.6 is 15.6 Å². The molecule has 0 aliphatic carbocycles. The van der Waals surface area contributed by atoms with Gasteiger partial charge < -0.3 is 34.2 Å². The van der Waals surface area contributed by atoms with Crippen molar-refractivity contribution in [1.29, 1.82) is 0 Å².